The minimum Gasteiger partial charge on any atom is -0.366 e. The third-order valence-corrected chi connectivity index (χ3v) is 3.15. The maximum absolute atomic E-state index is 5.79. The Morgan fingerprint density at radius 3 is 2.92 bits per heavy atom. The van der Waals surface area contributed by atoms with E-state index in [1.54, 1.807) is 18.4 Å². The normalized spacial score (nSPS) is 9.69. The number of nitrogens with one attached hydrogen (secondary N) is 2. The molecule has 0 fully saturated rings. The summed E-state index contributed by atoms with van der Waals surface area (Å²) in [7, 11) is 1.80. The Hall–Kier alpha value is -0.320. The molecule has 0 spiro atoms. The standard InChI is InChI=1S/C8H11ClN2S2/c1-10-8(12)11-5-4-6-2-3-7(9)13-6/h2-3H,4-5H2,1H3,(H2,10,11,12). The lowest BCUT2D eigenvalue weighted by atomic mass is 10.3. The predicted molar refractivity (Wildman–Crippen MR) is 62.7 cm³/mol. The van der Waals surface area contributed by atoms with E-state index in [2.05, 4.69) is 10.6 Å². The molecule has 72 valence electrons. The Morgan fingerprint density at radius 2 is 2.38 bits per heavy atom. The van der Waals surface area contributed by atoms with Crippen LogP contribution in [-0.2, 0) is 6.42 Å². The highest BCUT2D eigenvalue weighted by Crippen LogP contribution is 2.21. The summed E-state index contributed by atoms with van der Waals surface area (Å²) in [5.41, 5.74) is 0. The lowest BCUT2D eigenvalue weighted by molar-refractivity contribution is 0.861. The Labute approximate surface area is 92.3 Å². The van der Waals surface area contributed by atoms with Gasteiger partial charge in [-0.15, -0.1) is 11.3 Å². The van der Waals surface area contributed by atoms with Crippen LogP contribution in [-0.4, -0.2) is 18.7 Å². The van der Waals surface area contributed by atoms with Crippen molar-refractivity contribution in [3.63, 3.8) is 0 Å². The van der Waals surface area contributed by atoms with Gasteiger partial charge in [0.2, 0.25) is 0 Å². The van der Waals surface area contributed by atoms with Gasteiger partial charge in [0.05, 0.1) is 4.34 Å². The molecule has 1 rings (SSSR count). The van der Waals surface area contributed by atoms with Crippen molar-refractivity contribution in [3.8, 4) is 0 Å². The molecule has 1 heterocycles. The van der Waals surface area contributed by atoms with E-state index in [1.807, 2.05) is 12.1 Å². The van der Waals surface area contributed by atoms with Crippen molar-refractivity contribution >= 4 is 40.3 Å². The summed E-state index contributed by atoms with van der Waals surface area (Å²) < 4.78 is 0.839. The maximum Gasteiger partial charge on any atom is 0.166 e. The Bertz CT molecular complexity index is 285. The number of hydrogen-bond donors (Lipinski definition) is 2. The van der Waals surface area contributed by atoms with Crippen LogP contribution in [0.15, 0.2) is 12.1 Å². The molecule has 0 aliphatic carbocycles. The summed E-state index contributed by atoms with van der Waals surface area (Å²) in [5, 5.41) is 6.61. The van der Waals surface area contributed by atoms with Gasteiger partial charge in [-0.2, -0.15) is 0 Å². The first-order valence-corrected chi connectivity index (χ1v) is 5.52. The van der Waals surface area contributed by atoms with Gasteiger partial charge in [0.1, 0.15) is 0 Å². The molecule has 0 atom stereocenters. The van der Waals surface area contributed by atoms with Crippen molar-refractivity contribution in [1.82, 2.24) is 10.6 Å². The van der Waals surface area contributed by atoms with E-state index >= 15 is 0 Å². The number of thiophene rings is 1. The van der Waals surface area contributed by atoms with Crippen molar-refractivity contribution in [3.05, 3.63) is 21.3 Å². The quantitative estimate of drug-likeness (QED) is 0.783. The van der Waals surface area contributed by atoms with E-state index < -0.39 is 0 Å². The maximum atomic E-state index is 5.79. The SMILES string of the molecule is CNC(=S)NCCc1ccc(Cl)s1. The first-order chi connectivity index (χ1) is 6.22. The molecule has 0 radical (unpaired) electrons. The second-order valence-electron chi connectivity index (χ2n) is 2.46. The molecule has 0 unspecified atom stereocenters. The third kappa shape index (κ3) is 3.93. The molecule has 5 heteroatoms. The van der Waals surface area contributed by atoms with Crippen LogP contribution in [0, 0.1) is 0 Å². The lowest BCUT2D eigenvalue weighted by Gasteiger charge is -2.04. The highest BCUT2D eigenvalue weighted by atomic mass is 35.5. The molecule has 0 bridgehead atoms. The minimum atomic E-state index is 0.683. The Morgan fingerprint density at radius 1 is 1.62 bits per heavy atom. The van der Waals surface area contributed by atoms with Gasteiger partial charge in [-0.05, 0) is 30.8 Å². The van der Waals surface area contributed by atoms with Crippen LogP contribution in [0.3, 0.4) is 0 Å². The molecule has 2 nitrogen and oxygen atoms in total. The number of rotatable bonds is 3. The van der Waals surface area contributed by atoms with Crippen molar-refractivity contribution in [1.29, 1.82) is 0 Å². The van der Waals surface area contributed by atoms with Crippen LogP contribution in [0.1, 0.15) is 4.88 Å². The van der Waals surface area contributed by atoms with Crippen molar-refractivity contribution in [2.24, 2.45) is 0 Å². The van der Waals surface area contributed by atoms with Gasteiger partial charge in [0.25, 0.3) is 0 Å². The Kier molecular flexibility index (Phi) is 4.48. The molecule has 0 saturated heterocycles. The van der Waals surface area contributed by atoms with Crippen LogP contribution >= 0.6 is 35.2 Å². The first kappa shape index (κ1) is 10.8. The highest BCUT2D eigenvalue weighted by molar-refractivity contribution is 7.80. The van der Waals surface area contributed by atoms with E-state index in [9.17, 15) is 0 Å². The zero-order valence-corrected chi connectivity index (χ0v) is 9.65. The molecule has 0 aliphatic rings. The molecule has 1 aromatic heterocycles. The first-order valence-electron chi connectivity index (χ1n) is 3.92. The fraction of sp³-hybridized carbons (Fsp3) is 0.375. The number of hydrogen-bond acceptors (Lipinski definition) is 2. The third-order valence-electron chi connectivity index (χ3n) is 1.51. The predicted octanol–water partition coefficient (Wildman–Crippen LogP) is 2.04. The average Bonchev–Trinajstić information content (AvgIpc) is 2.51. The van der Waals surface area contributed by atoms with Gasteiger partial charge in [0, 0.05) is 18.5 Å². The summed E-state index contributed by atoms with van der Waals surface area (Å²) in [5.74, 6) is 0. The fourth-order valence-corrected chi connectivity index (χ4v) is 2.06. The zero-order chi connectivity index (χ0) is 9.68. The summed E-state index contributed by atoms with van der Waals surface area (Å²) in [6, 6.07) is 3.95. The number of halogens is 1. The number of thiocarbonyl (C=S) groups is 1. The van der Waals surface area contributed by atoms with Crippen LogP contribution < -0.4 is 10.6 Å². The van der Waals surface area contributed by atoms with Crippen molar-refractivity contribution in [2.45, 2.75) is 6.42 Å². The molecular formula is C8H11ClN2S2. The molecule has 2 N–H and O–H groups in total. The summed E-state index contributed by atoms with van der Waals surface area (Å²) >= 11 is 12.3. The van der Waals surface area contributed by atoms with Gasteiger partial charge in [-0.1, -0.05) is 11.6 Å². The molecular weight excluding hydrogens is 224 g/mol. The van der Waals surface area contributed by atoms with E-state index in [1.165, 1.54) is 4.88 Å². The largest absolute Gasteiger partial charge is 0.366 e. The summed E-state index contributed by atoms with van der Waals surface area (Å²) in [6.45, 7) is 0.844. The highest BCUT2D eigenvalue weighted by Gasteiger charge is 1.97. The second kappa shape index (κ2) is 5.42. The van der Waals surface area contributed by atoms with Crippen LogP contribution in [0.5, 0.6) is 0 Å². The second-order valence-corrected chi connectivity index (χ2v) is 4.67. The molecule has 0 amide bonds. The van der Waals surface area contributed by atoms with Crippen molar-refractivity contribution in [2.75, 3.05) is 13.6 Å². The van der Waals surface area contributed by atoms with Gasteiger partial charge in [0.15, 0.2) is 5.11 Å². The molecule has 13 heavy (non-hydrogen) atoms. The molecule has 1 aromatic rings. The fourth-order valence-electron chi connectivity index (χ4n) is 0.874. The van der Waals surface area contributed by atoms with Crippen LogP contribution in [0.4, 0.5) is 0 Å². The Balaban J connectivity index is 2.24. The monoisotopic (exact) mass is 234 g/mol. The summed E-state index contributed by atoms with van der Waals surface area (Å²) in [6.07, 6.45) is 0.958. The van der Waals surface area contributed by atoms with Gasteiger partial charge in [-0.3, -0.25) is 0 Å². The molecule has 0 aromatic carbocycles. The van der Waals surface area contributed by atoms with E-state index in [-0.39, 0.29) is 0 Å². The minimum absolute atomic E-state index is 0.683. The van der Waals surface area contributed by atoms with Gasteiger partial charge < -0.3 is 10.6 Å². The zero-order valence-electron chi connectivity index (χ0n) is 7.26. The van der Waals surface area contributed by atoms with E-state index in [0.29, 0.717) is 5.11 Å². The molecule has 0 aliphatic heterocycles. The topological polar surface area (TPSA) is 24.1 Å². The van der Waals surface area contributed by atoms with E-state index in [0.717, 1.165) is 17.3 Å². The van der Waals surface area contributed by atoms with Gasteiger partial charge in [-0.25, -0.2) is 0 Å². The average molecular weight is 235 g/mol. The van der Waals surface area contributed by atoms with Gasteiger partial charge >= 0.3 is 0 Å². The van der Waals surface area contributed by atoms with Crippen LogP contribution in [0.2, 0.25) is 4.34 Å². The summed E-state index contributed by atoms with van der Waals surface area (Å²) in [4.78, 5) is 1.27. The van der Waals surface area contributed by atoms with Crippen molar-refractivity contribution < 1.29 is 0 Å². The van der Waals surface area contributed by atoms with Crippen LogP contribution in [0.25, 0.3) is 0 Å². The smallest absolute Gasteiger partial charge is 0.166 e. The molecule has 0 saturated carbocycles. The van der Waals surface area contributed by atoms with E-state index in [4.69, 9.17) is 23.8 Å². The lowest BCUT2D eigenvalue weighted by Crippen LogP contribution is -2.33.